The van der Waals surface area contributed by atoms with Crippen molar-refractivity contribution < 1.29 is 15.0 Å². The van der Waals surface area contributed by atoms with Crippen LogP contribution in [0.2, 0.25) is 0 Å². The van der Waals surface area contributed by atoms with Gasteiger partial charge in [-0.3, -0.25) is 9.59 Å². The summed E-state index contributed by atoms with van der Waals surface area (Å²) in [6.07, 6.45) is -1.34. The molecule has 0 bridgehead atoms. The molecular formula is C13H14N2O4. The van der Waals surface area contributed by atoms with E-state index in [0.29, 0.717) is 16.5 Å². The number of aliphatic hydroxyl groups excluding tert-OH is 2. The number of benzene rings is 1. The summed E-state index contributed by atoms with van der Waals surface area (Å²) in [6, 6.07) is 6.06. The molecule has 2 atom stereocenters. The molecular weight excluding hydrogens is 248 g/mol. The second-order valence-electron chi connectivity index (χ2n) is 4.33. The van der Waals surface area contributed by atoms with Gasteiger partial charge >= 0.3 is 0 Å². The first-order valence-electron chi connectivity index (χ1n) is 5.75. The van der Waals surface area contributed by atoms with E-state index in [1.807, 2.05) is 0 Å². The van der Waals surface area contributed by atoms with Crippen LogP contribution >= 0.6 is 0 Å². The number of primary amides is 1. The van der Waals surface area contributed by atoms with Gasteiger partial charge < -0.3 is 20.9 Å². The Bertz CT molecular complexity index is 665. The first-order chi connectivity index (χ1) is 8.99. The van der Waals surface area contributed by atoms with Gasteiger partial charge in [-0.1, -0.05) is 6.07 Å². The van der Waals surface area contributed by atoms with E-state index in [1.54, 1.807) is 12.1 Å². The number of pyridine rings is 1. The van der Waals surface area contributed by atoms with Gasteiger partial charge in [-0.2, -0.15) is 0 Å². The lowest BCUT2D eigenvalue weighted by atomic mass is 10.0. The average Bonchev–Trinajstić information content (AvgIpc) is 2.37. The van der Waals surface area contributed by atoms with E-state index in [0.717, 1.165) is 0 Å². The smallest absolute Gasteiger partial charge is 0.220 e. The van der Waals surface area contributed by atoms with Gasteiger partial charge in [0.2, 0.25) is 5.91 Å². The summed E-state index contributed by atoms with van der Waals surface area (Å²) in [7, 11) is 0. The lowest BCUT2D eigenvalue weighted by Gasteiger charge is -2.17. The number of hydrogen-bond donors (Lipinski definition) is 4. The lowest BCUT2D eigenvalue weighted by molar-refractivity contribution is -0.121. The van der Waals surface area contributed by atoms with Gasteiger partial charge in [0.25, 0.3) is 0 Å². The molecule has 1 aromatic heterocycles. The molecule has 6 heteroatoms. The predicted octanol–water partition coefficient (Wildman–Crippen LogP) is -0.202. The summed E-state index contributed by atoms with van der Waals surface area (Å²) in [5.74, 6) is -0.694. The SMILES string of the molecule is NC(=O)CC(O)C(O)c1ccc2c(=O)cc[nH]c2c1. The fourth-order valence-corrected chi connectivity index (χ4v) is 1.92. The highest BCUT2D eigenvalue weighted by Gasteiger charge is 2.20. The van der Waals surface area contributed by atoms with Crippen molar-refractivity contribution in [2.75, 3.05) is 0 Å². The molecule has 1 amide bonds. The Kier molecular flexibility index (Phi) is 3.64. The standard InChI is InChI=1S/C13H14N2O4/c14-12(18)6-11(17)13(19)7-1-2-8-9(5-7)15-4-3-10(8)16/h1-5,11,13,17,19H,6H2,(H2,14,18)(H,15,16). The minimum atomic E-state index is -1.27. The Morgan fingerprint density at radius 1 is 1.32 bits per heavy atom. The second-order valence-corrected chi connectivity index (χ2v) is 4.33. The number of aliphatic hydroxyl groups is 2. The molecule has 0 spiro atoms. The number of hydrogen-bond acceptors (Lipinski definition) is 4. The maximum Gasteiger partial charge on any atom is 0.220 e. The summed E-state index contributed by atoms with van der Waals surface area (Å²) in [6.45, 7) is 0. The van der Waals surface area contributed by atoms with Gasteiger partial charge in [-0.05, 0) is 17.7 Å². The topological polar surface area (TPSA) is 116 Å². The Morgan fingerprint density at radius 3 is 2.74 bits per heavy atom. The largest absolute Gasteiger partial charge is 0.390 e. The van der Waals surface area contributed by atoms with E-state index >= 15 is 0 Å². The molecule has 1 heterocycles. The molecule has 19 heavy (non-hydrogen) atoms. The molecule has 0 saturated carbocycles. The molecule has 0 aliphatic heterocycles. The summed E-state index contributed by atoms with van der Waals surface area (Å²) in [5.41, 5.74) is 5.79. The van der Waals surface area contributed by atoms with E-state index in [4.69, 9.17) is 5.73 Å². The van der Waals surface area contributed by atoms with Crippen LogP contribution in [0, 0.1) is 0 Å². The molecule has 0 fully saturated rings. The Morgan fingerprint density at radius 2 is 2.05 bits per heavy atom. The fraction of sp³-hybridized carbons (Fsp3) is 0.231. The second kappa shape index (κ2) is 5.21. The molecule has 0 aliphatic carbocycles. The number of fused-ring (bicyclic) bond motifs is 1. The van der Waals surface area contributed by atoms with Gasteiger partial charge in [-0.15, -0.1) is 0 Å². The third kappa shape index (κ3) is 2.81. The third-order valence-corrected chi connectivity index (χ3v) is 2.90. The van der Waals surface area contributed by atoms with Crippen LogP contribution in [0.15, 0.2) is 35.3 Å². The fourth-order valence-electron chi connectivity index (χ4n) is 1.92. The van der Waals surface area contributed by atoms with Gasteiger partial charge in [0.05, 0.1) is 12.5 Å². The van der Waals surface area contributed by atoms with Gasteiger partial charge in [-0.25, -0.2) is 0 Å². The van der Waals surface area contributed by atoms with E-state index < -0.39 is 18.1 Å². The summed E-state index contributed by atoms with van der Waals surface area (Å²) in [5, 5.41) is 20.1. The van der Waals surface area contributed by atoms with E-state index in [-0.39, 0.29) is 11.8 Å². The molecule has 100 valence electrons. The minimum Gasteiger partial charge on any atom is -0.390 e. The van der Waals surface area contributed by atoms with Crippen molar-refractivity contribution in [1.29, 1.82) is 0 Å². The number of carbonyl (C=O) groups excluding carboxylic acids is 1. The highest BCUT2D eigenvalue weighted by atomic mass is 16.3. The molecule has 5 N–H and O–H groups in total. The zero-order valence-electron chi connectivity index (χ0n) is 10.0. The van der Waals surface area contributed by atoms with Crippen LogP contribution in [0.4, 0.5) is 0 Å². The van der Waals surface area contributed by atoms with Crippen molar-refractivity contribution in [1.82, 2.24) is 4.98 Å². The number of H-pyrrole nitrogens is 1. The number of carbonyl (C=O) groups is 1. The van der Waals surface area contributed by atoms with Crippen LogP contribution in [-0.4, -0.2) is 27.2 Å². The zero-order chi connectivity index (χ0) is 14.0. The van der Waals surface area contributed by atoms with E-state index in [9.17, 15) is 19.8 Å². The number of nitrogens with two attached hydrogens (primary N) is 1. The third-order valence-electron chi connectivity index (χ3n) is 2.90. The van der Waals surface area contributed by atoms with Crippen LogP contribution in [0.3, 0.4) is 0 Å². The molecule has 2 rings (SSSR count). The van der Waals surface area contributed by atoms with Crippen molar-refractivity contribution >= 4 is 16.8 Å². The van der Waals surface area contributed by atoms with Crippen molar-refractivity contribution in [2.45, 2.75) is 18.6 Å². The van der Waals surface area contributed by atoms with Crippen LogP contribution in [0.5, 0.6) is 0 Å². The van der Waals surface area contributed by atoms with Gasteiger partial charge in [0.15, 0.2) is 5.43 Å². The van der Waals surface area contributed by atoms with Crippen molar-refractivity contribution in [2.24, 2.45) is 5.73 Å². The molecule has 6 nitrogen and oxygen atoms in total. The quantitative estimate of drug-likeness (QED) is 0.610. The summed E-state index contributed by atoms with van der Waals surface area (Å²) >= 11 is 0. The number of aromatic amines is 1. The maximum absolute atomic E-state index is 11.5. The molecule has 2 aromatic rings. The van der Waals surface area contributed by atoms with Crippen LogP contribution in [-0.2, 0) is 4.79 Å². The Balaban J connectivity index is 2.35. The summed E-state index contributed by atoms with van der Waals surface area (Å²) < 4.78 is 0. The van der Waals surface area contributed by atoms with Crippen LogP contribution in [0.25, 0.3) is 10.9 Å². The summed E-state index contributed by atoms with van der Waals surface area (Å²) in [4.78, 5) is 25.1. The zero-order valence-corrected chi connectivity index (χ0v) is 10.0. The molecule has 0 aliphatic rings. The number of aromatic nitrogens is 1. The highest BCUT2D eigenvalue weighted by Crippen LogP contribution is 2.21. The van der Waals surface area contributed by atoms with E-state index in [1.165, 1.54) is 18.3 Å². The van der Waals surface area contributed by atoms with Crippen molar-refractivity contribution in [3.8, 4) is 0 Å². The molecule has 0 radical (unpaired) electrons. The highest BCUT2D eigenvalue weighted by molar-refractivity contribution is 5.79. The predicted molar refractivity (Wildman–Crippen MR) is 69.3 cm³/mol. The van der Waals surface area contributed by atoms with Crippen molar-refractivity contribution in [3.63, 3.8) is 0 Å². The van der Waals surface area contributed by atoms with Crippen molar-refractivity contribution in [3.05, 3.63) is 46.2 Å². The van der Waals surface area contributed by atoms with E-state index in [2.05, 4.69) is 4.98 Å². The average molecular weight is 262 g/mol. The molecule has 2 unspecified atom stereocenters. The van der Waals surface area contributed by atoms with Crippen LogP contribution < -0.4 is 11.2 Å². The lowest BCUT2D eigenvalue weighted by Crippen LogP contribution is -2.25. The normalized spacial score (nSPS) is 14.2. The van der Waals surface area contributed by atoms with Gasteiger partial charge in [0.1, 0.15) is 6.10 Å². The first-order valence-corrected chi connectivity index (χ1v) is 5.75. The Hall–Kier alpha value is -2.18. The van der Waals surface area contributed by atoms with Gasteiger partial charge in [0, 0.05) is 23.2 Å². The first kappa shape index (κ1) is 13.3. The molecule has 1 aromatic carbocycles. The van der Waals surface area contributed by atoms with Crippen LogP contribution in [0.1, 0.15) is 18.1 Å². The number of nitrogens with one attached hydrogen (secondary N) is 1. The minimum absolute atomic E-state index is 0.132. The Labute approximate surface area is 108 Å². The maximum atomic E-state index is 11.5. The monoisotopic (exact) mass is 262 g/mol. The molecule has 0 saturated heterocycles. The number of amides is 1. The number of rotatable bonds is 4.